The van der Waals surface area contributed by atoms with Crippen molar-refractivity contribution < 1.29 is 17.3 Å². The van der Waals surface area contributed by atoms with Crippen LogP contribution in [0.4, 0.5) is 0 Å². The average molecular weight is 216 g/mol. The van der Waals surface area contributed by atoms with Gasteiger partial charge in [-0.1, -0.05) is 12.1 Å². The lowest BCUT2D eigenvalue weighted by Gasteiger charge is -2.02. The van der Waals surface area contributed by atoms with Gasteiger partial charge in [-0.3, -0.25) is 4.18 Å². The van der Waals surface area contributed by atoms with Crippen LogP contribution >= 0.6 is 0 Å². The number of rotatable bonds is 4. The summed E-state index contributed by atoms with van der Waals surface area (Å²) < 4.78 is 31.7. The lowest BCUT2D eigenvalue weighted by atomic mass is 10.2. The second-order valence-corrected chi connectivity index (χ2v) is 4.41. The molecule has 0 aliphatic rings. The predicted octanol–water partition coefficient (Wildman–Crippen LogP) is 1.17. The van der Waals surface area contributed by atoms with E-state index < -0.39 is 10.1 Å². The summed E-state index contributed by atoms with van der Waals surface area (Å²) in [7, 11) is -0.850. The molecule has 0 fully saturated rings. The smallest absolute Gasteiger partial charge is 0.296 e. The molecule has 0 saturated heterocycles. The van der Waals surface area contributed by atoms with Crippen molar-refractivity contribution in [1.82, 2.24) is 0 Å². The van der Waals surface area contributed by atoms with Crippen molar-refractivity contribution in [3.8, 4) is 0 Å². The molecule has 0 N–H and O–H groups in total. The van der Waals surface area contributed by atoms with Crippen LogP contribution in [0, 0.1) is 0 Å². The van der Waals surface area contributed by atoms with Crippen molar-refractivity contribution in [2.75, 3.05) is 14.2 Å². The fourth-order valence-corrected chi connectivity index (χ4v) is 1.68. The van der Waals surface area contributed by atoms with E-state index in [4.69, 9.17) is 4.74 Å². The molecule has 0 amide bonds. The first kappa shape index (κ1) is 11.2. The molecular formula is C9H12O4S. The summed E-state index contributed by atoms with van der Waals surface area (Å²) in [4.78, 5) is 0.153. The van der Waals surface area contributed by atoms with Gasteiger partial charge in [-0.25, -0.2) is 0 Å². The molecule has 0 heterocycles. The highest BCUT2D eigenvalue weighted by Gasteiger charge is 2.11. The molecule has 1 aromatic carbocycles. The lowest BCUT2D eigenvalue weighted by molar-refractivity contribution is 0.185. The van der Waals surface area contributed by atoms with E-state index >= 15 is 0 Å². The molecule has 0 spiro atoms. The summed E-state index contributed by atoms with van der Waals surface area (Å²) in [5, 5.41) is 0. The van der Waals surface area contributed by atoms with Crippen LogP contribution in [0.3, 0.4) is 0 Å². The molecule has 5 heteroatoms. The minimum Gasteiger partial charge on any atom is -0.380 e. The summed E-state index contributed by atoms with van der Waals surface area (Å²) >= 11 is 0. The third-order valence-corrected chi connectivity index (χ3v) is 3.03. The van der Waals surface area contributed by atoms with Gasteiger partial charge in [-0.2, -0.15) is 8.42 Å². The summed E-state index contributed by atoms with van der Waals surface area (Å²) in [6, 6.07) is 6.37. The lowest BCUT2D eigenvalue weighted by Crippen LogP contribution is -2.02. The van der Waals surface area contributed by atoms with E-state index in [2.05, 4.69) is 4.18 Å². The summed E-state index contributed by atoms with van der Waals surface area (Å²) in [5.41, 5.74) is 0.919. The predicted molar refractivity (Wildman–Crippen MR) is 51.3 cm³/mol. The van der Waals surface area contributed by atoms with E-state index in [1.165, 1.54) is 12.1 Å². The molecule has 1 aromatic rings. The first-order valence-corrected chi connectivity index (χ1v) is 5.39. The number of methoxy groups -OCH3 is 1. The Morgan fingerprint density at radius 1 is 1.14 bits per heavy atom. The first-order valence-electron chi connectivity index (χ1n) is 3.98. The van der Waals surface area contributed by atoms with E-state index in [-0.39, 0.29) is 4.90 Å². The van der Waals surface area contributed by atoms with Crippen LogP contribution in [-0.4, -0.2) is 22.6 Å². The van der Waals surface area contributed by atoms with Gasteiger partial charge in [-0.15, -0.1) is 0 Å². The minimum atomic E-state index is -3.57. The van der Waals surface area contributed by atoms with Crippen LogP contribution in [-0.2, 0) is 25.6 Å². The van der Waals surface area contributed by atoms with Crippen molar-refractivity contribution in [3.63, 3.8) is 0 Å². The Bertz CT molecular complexity index is 380. The van der Waals surface area contributed by atoms with Crippen LogP contribution in [0.15, 0.2) is 29.2 Å². The fraction of sp³-hybridized carbons (Fsp3) is 0.333. The Morgan fingerprint density at radius 3 is 2.14 bits per heavy atom. The number of benzene rings is 1. The Labute approximate surface area is 83.6 Å². The standard InChI is InChI=1S/C9H12O4S/c1-12-7-8-3-5-9(6-4-8)14(10,11)13-2/h3-6H,7H2,1-2H3. The van der Waals surface area contributed by atoms with Crippen molar-refractivity contribution >= 4 is 10.1 Å². The highest BCUT2D eigenvalue weighted by Crippen LogP contribution is 2.12. The van der Waals surface area contributed by atoms with Crippen LogP contribution in [0.5, 0.6) is 0 Å². The molecular weight excluding hydrogens is 204 g/mol. The molecule has 4 nitrogen and oxygen atoms in total. The molecule has 0 aliphatic carbocycles. The highest BCUT2D eigenvalue weighted by molar-refractivity contribution is 7.86. The molecule has 14 heavy (non-hydrogen) atoms. The van der Waals surface area contributed by atoms with Crippen molar-refractivity contribution in [3.05, 3.63) is 29.8 Å². The van der Waals surface area contributed by atoms with Gasteiger partial charge in [0.2, 0.25) is 0 Å². The van der Waals surface area contributed by atoms with E-state index in [0.717, 1.165) is 12.7 Å². The van der Waals surface area contributed by atoms with Gasteiger partial charge < -0.3 is 4.74 Å². The monoisotopic (exact) mass is 216 g/mol. The molecule has 1 rings (SSSR count). The third-order valence-electron chi connectivity index (χ3n) is 1.74. The summed E-state index contributed by atoms with van der Waals surface area (Å²) in [5.74, 6) is 0. The van der Waals surface area contributed by atoms with Crippen LogP contribution < -0.4 is 0 Å². The van der Waals surface area contributed by atoms with Gasteiger partial charge in [-0.05, 0) is 17.7 Å². The zero-order chi connectivity index (χ0) is 10.6. The molecule has 0 aliphatic heterocycles. The molecule has 0 saturated carbocycles. The first-order chi connectivity index (χ1) is 6.60. The number of hydrogen-bond acceptors (Lipinski definition) is 4. The van der Waals surface area contributed by atoms with Crippen molar-refractivity contribution in [1.29, 1.82) is 0 Å². The SMILES string of the molecule is COCc1ccc(S(=O)(=O)OC)cc1. The maximum atomic E-state index is 11.2. The van der Waals surface area contributed by atoms with E-state index in [0.29, 0.717) is 6.61 Å². The number of ether oxygens (including phenoxy) is 1. The van der Waals surface area contributed by atoms with Crippen LogP contribution in [0.25, 0.3) is 0 Å². The second-order valence-electron chi connectivity index (χ2n) is 2.70. The van der Waals surface area contributed by atoms with Gasteiger partial charge in [0.1, 0.15) is 0 Å². The Morgan fingerprint density at radius 2 is 1.71 bits per heavy atom. The van der Waals surface area contributed by atoms with Gasteiger partial charge >= 0.3 is 0 Å². The van der Waals surface area contributed by atoms with Crippen molar-refractivity contribution in [2.24, 2.45) is 0 Å². The van der Waals surface area contributed by atoms with E-state index in [9.17, 15) is 8.42 Å². The summed E-state index contributed by atoms with van der Waals surface area (Å²) in [6.07, 6.45) is 0. The Balaban J connectivity index is 2.94. The maximum absolute atomic E-state index is 11.2. The maximum Gasteiger partial charge on any atom is 0.296 e. The highest BCUT2D eigenvalue weighted by atomic mass is 32.2. The number of hydrogen-bond donors (Lipinski definition) is 0. The van der Waals surface area contributed by atoms with Gasteiger partial charge in [0.15, 0.2) is 0 Å². The third kappa shape index (κ3) is 2.54. The van der Waals surface area contributed by atoms with E-state index in [1.807, 2.05) is 0 Å². The van der Waals surface area contributed by atoms with Crippen LogP contribution in [0.1, 0.15) is 5.56 Å². The quantitative estimate of drug-likeness (QED) is 0.709. The fourth-order valence-electron chi connectivity index (χ4n) is 1.02. The summed E-state index contributed by atoms with van der Waals surface area (Å²) in [6.45, 7) is 0.466. The van der Waals surface area contributed by atoms with Gasteiger partial charge in [0.25, 0.3) is 10.1 Å². The minimum absolute atomic E-state index is 0.153. The zero-order valence-electron chi connectivity index (χ0n) is 8.06. The molecule has 0 bridgehead atoms. The van der Waals surface area contributed by atoms with Crippen molar-refractivity contribution in [2.45, 2.75) is 11.5 Å². The van der Waals surface area contributed by atoms with Gasteiger partial charge in [0, 0.05) is 7.11 Å². The molecule has 0 unspecified atom stereocenters. The molecule has 0 radical (unpaired) electrons. The topological polar surface area (TPSA) is 52.6 Å². The largest absolute Gasteiger partial charge is 0.380 e. The average Bonchev–Trinajstić information content (AvgIpc) is 2.19. The molecule has 78 valence electrons. The van der Waals surface area contributed by atoms with E-state index in [1.54, 1.807) is 19.2 Å². The van der Waals surface area contributed by atoms with Crippen LogP contribution in [0.2, 0.25) is 0 Å². The second kappa shape index (κ2) is 4.54. The van der Waals surface area contributed by atoms with Gasteiger partial charge in [0.05, 0.1) is 18.6 Å². The Kier molecular flexibility index (Phi) is 3.62. The normalized spacial score (nSPS) is 11.6. The molecule has 0 aromatic heterocycles. The zero-order valence-corrected chi connectivity index (χ0v) is 8.87. The Hall–Kier alpha value is -0.910. The molecule has 0 atom stereocenters.